The molecule has 1 aliphatic heterocycles. The number of sulfonamides is 1. The summed E-state index contributed by atoms with van der Waals surface area (Å²) in [6.45, 7) is 1.85. The maximum absolute atomic E-state index is 13.6. The van der Waals surface area contributed by atoms with Crippen LogP contribution < -0.4 is 10.0 Å². The second kappa shape index (κ2) is 3.83. The van der Waals surface area contributed by atoms with Crippen molar-refractivity contribution < 1.29 is 17.2 Å². The van der Waals surface area contributed by atoms with E-state index in [0.717, 1.165) is 16.4 Å². The van der Waals surface area contributed by atoms with E-state index in [9.17, 15) is 17.2 Å². The first-order chi connectivity index (χ1) is 7.83. The van der Waals surface area contributed by atoms with Crippen LogP contribution in [-0.4, -0.2) is 20.7 Å². The number of nitrogens with zero attached hydrogens (tertiary/aromatic N) is 1. The van der Waals surface area contributed by atoms with Gasteiger partial charge < -0.3 is 5.73 Å². The molecular weight excluding hydrogens is 250 g/mol. The van der Waals surface area contributed by atoms with E-state index >= 15 is 0 Å². The molecule has 2 rings (SSSR count). The van der Waals surface area contributed by atoms with Crippen LogP contribution in [0.3, 0.4) is 0 Å². The Morgan fingerprint density at radius 2 is 2.06 bits per heavy atom. The molecular formula is C10H12F2N2O2S. The number of rotatable bonds is 1. The largest absolute Gasteiger partial charge is 0.397 e. The molecule has 1 unspecified atom stereocenters. The Bertz CT molecular complexity index is 560. The average Bonchev–Trinajstić information content (AvgIpc) is 2.47. The molecule has 1 aromatic carbocycles. The van der Waals surface area contributed by atoms with Gasteiger partial charge in [-0.05, 0) is 18.1 Å². The van der Waals surface area contributed by atoms with Crippen LogP contribution in [0.1, 0.15) is 6.92 Å². The highest BCUT2D eigenvalue weighted by atomic mass is 32.2. The van der Waals surface area contributed by atoms with Gasteiger partial charge in [0.2, 0.25) is 10.0 Å². The van der Waals surface area contributed by atoms with Crippen molar-refractivity contribution in [3.05, 3.63) is 23.8 Å². The van der Waals surface area contributed by atoms with Crippen LogP contribution in [0.4, 0.5) is 20.2 Å². The van der Waals surface area contributed by atoms with Crippen LogP contribution in [0.15, 0.2) is 12.1 Å². The lowest BCUT2D eigenvalue weighted by Crippen LogP contribution is -2.27. The minimum atomic E-state index is -3.60. The number of benzene rings is 1. The summed E-state index contributed by atoms with van der Waals surface area (Å²) in [4.78, 5) is 0. The van der Waals surface area contributed by atoms with Gasteiger partial charge in [0.15, 0.2) is 11.6 Å². The Hall–Kier alpha value is -1.37. The van der Waals surface area contributed by atoms with Gasteiger partial charge in [-0.25, -0.2) is 17.2 Å². The van der Waals surface area contributed by atoms with Gasteiger partial charge in [0.1, 0.15) is 5.69 Å². The van der Waals surface area contributed by atoms with Gasteiger partial charge in [-0.2, -0.15) is 0 Å². The summed E-state index contributed by atoms with van der Waals surface area (Å²) >= 11 is 0. The molecule has 0 saturated carbocycles. The molecule has 1 heterocycles. The van der Waals surface area contributed by atoms with E-state index in [1.165, 1.54) is 0 Å². The third kappa shape index (κ3) is 1.95. The minimum absolute atomic E-state index is 0.0810. The van der Waals surface area contributed by atoms with Crippen molar-refractivity contribution in [3.63, 3.8) is 0 Å². The van der Waals surface area contributed by atoms with Crippen molar-refractivity contribution in [1.29, 1.82) is 0 Å². The van der Waals surface area contributed by atoms with Crippen molar-refractivity contribution in [2.75, 3.05) is 22.3 Å². The molecule has 1 fully saturated rings. The summed E-state index contributed by atoms with van der Waals surface area (Å²) in [5.74, 6) is -2.55. The summed E-state index contributed by atoms with van der Waals surface area (Å²) in [7, 11) is -3.60. The highest BCUT2D eigenvalue weighted by Gasteiger charge is 2.36. The maximum atomic E-state index is 13.6. The maximum Gasteiger partial charge on any atom is 0.235 e. The first-order valence-corrected chi connectivity index (χ1v) is 6.67. The highest BCUT2D eigenvalue weighted by Crippen LogP contribution is 2.34. The zero-order valence-corrected chi connectivity index (χ0v) is 9.97. The molecule has 1 atom stereocenters. The lowest BCUT2D eigenvalue weighted by atomic mass is 10.2. The summed E-state index contributed by atoms with van der Waals surface area (Å²) in [5, 5.41) is 0. The van der Waals surface area contributed by atoms with E-state index in [4.69, 9.17) is 5.73 Å². The Kier molecular flexibility index (Phi) is 2.73. The fourth-order valence-electron chi connectivity index (χ4n) is 1.94. The molecule has 1 aromatic rings. The van der Waals surface area contributed by atoms with Gasteiger partial charge in [0.05, 0.1) is 11.4 Å². The van der Waals surface area contributed by atoms with Gasteiger partial charge in [0.25, 0.3) is 0 Å². The predicted octanol–water partition coefficient (Wildman–Crippen LogP) is 1.33. The highest BCUT2D eigenvalue weighted by molar-refractivity contribution is 7.93. The Morgan fingerprint density at radius 3 is 2.59 bits per heavy atom. The Balaban J connectivity index is 2.59. The van der Waals surface area contributed by atoms with Crippen LogP contribution in [0.25, 0.3) is 0 Å². The fourth-order valence-corrected chi connectivity index (χ4v) is 3.89. The second-order valence-electron chi connectivity index (χ2n) is 4.21. The third-order valence-electron chi connectivity index (χ3n) is 2.66. The van der Waals surface area contributed by atoms with E-state index in [-0.39, 0.29) is 29.6 Å². The van der Waals surface area contributed by atoms with Crippen molar-refractivity contribution in [2.45, 2.75) is 6.92 Å². The van der Waals surface area contributed by atoms with E-state index in [2.05, 4.69) is 0 Å². The normalized spacial score (nSPS) is 23.0. The van der Waals surface area contributed by atoms with E-state index in [1.54, 1.807) is 6.92 Å². The summed E-state index contributed by atoms with van der Waals surface area (Å²) < 4.78 is 51.1. The fraction of sp³-hybridized carbons (Fsp3) is 0.400. The van der Waals surface area contributed by atoms with Gasteiger partial charge in [-0.15, -0.1) is 0 Å². The third-order valence-corrected chi connectivity index (χ3v) is 4.65. The molecule has 17 heavy (non-hydrogen) atoms. The van der Waals surface area contributed by atoms with Crippen LogP contribution >= 0.6 is 0 Å². The lowest BCUT2D eigenvalue weighted by Gasteiger charge is -2.19. The first-order valence-electron chi connectivity index (χ1n) is 5.07. The molecule has 2 N–H and O–H groups in total. The van der Waals surface area contributed by atoms with Crippen molar-refractivity contribution >= 4 is 21.4 Å². The first kappa shape index (κ1) is 12.1. The predicted molar refractivity (Wildman–Crippen MR) is 61.1 cm³/mol. The summed E-state index contributed by atoms with van der Waals surface area (Å²) in [6.07, 6.45) is 0. The van der Waals surface area contributed by atoms with Crippen molar-refractivity contribution in [1.82, 2.24) is 0 Å². The molecule has 0 aliphatic carbocycles. The zero-order chi connectivity index (χ0) is 12.8. The number of hydrogen-bond acceptors (Lipinski definition) is 3. The number of nitrogens with two attached hydrogens (primary N) is 1. The molecule has 4 nitrogen and oxygen atoms in total. The monoisotopic (exact) mass is 262 g/mol. The van der Waals surface area contributed by atoms with Gasteiger partial charge in [-0.3, -0.25) is 4.31 Å². The van der Waals surface area contributed by atoms with E-state index in [1.807, 2.05) is 0 Å². The smallest absolute Gasteiger partial charge is 0.235 e. The molecule has 1 saturated heterocycles. The Labute approximate surface area is 98.1 Å². The van der Waals surface area contributed by atoms with Crippen LogP contribution in [0.2, 0.25) is 0 Å². The van der Waals surface area contributed by atoms with E-state index in [0.29, 0.717) is 0 Å². The van der Waals surface area contributed by atoms with Crippen molar-refractivity contribution in [2.24, 2.45) is 5.92 Å². The SMILES string of the molecule is CC1CN(c2c(N)ccc(F)c2F)S(=O)(=O)C1. The summed E-state index contributed by atoms with van der Waals surface area (Å²) in [5.41, 5.74) is 5.06. The van der Waals surface area contributed by atoms with Crippen LogP contribution in [0, 0.1) is 17.6 Å². The van der Waals surface area contributed by atoms with Crippen LogP contribution in [0.5, 0.6) is 0 Å². The zero-order valence-electron chi connectivity index (χ0n) is 9.15. The standard InChI is InChI=1S/C10H12F2N2O2S/c1-6-4-14(17(15,16)5-6)10-8(13)3-2-7(11)9(10)12/h2-3,6H,4-5,13H2,1H3. The topological polar surface area (TPSA) is 63.4 Å². The van der Waals surface area contributed by atoms with Gasteiger partial charge >= 0.3 is 0 Å². The molecule has 0 radical (unpaired) electrons. The minimum Gasteiger partial charge on any atom is -0.397 e. The molecule has 1 aliphatic rings. The molecule has 94 valence electrons. The number of halogens is 2. The van der Waals surface area contributed by atoms with Crippen molar-refractivity contribution in [3.8, 4) is 0 Å². The quantitative estimate of drug-likeness (QED) is 0.777. The van der Waals surface area contributed by atoms with Gasteiger partial charge in [0, 0.05) is 6.54 Å². The molecule has 0 spiro atoms. The number of hydrogen-bond donors (Lipinski definition) is 1. The van der Waals surface area contributed by atoms with E-state index < -0.39 is 21.7 Å². The second-order valence-corrected chi connectivity index (χ2v) is 6.15. The molecule has 0 bridgehead atoms. The lowest BCUT2D eigenvalue weighted by molar-refractivity contribution is 0.509. The molecule has 0 aromatic heterocycles. The molecule has 0 amide bonds. The number of anilines is 2. The number of nitrogen functional groups attached to an aromatic ring is 1. The molecule has 7 heteroatoms. The van der Waals surface area contributed by atoms with Gasteiger partial charge in [-0.1, -0.05) is 6.92 Å². The summed E-state index contributed by atoms with van der Waals surface area (Å²) in [6, 6.07) is 2.03. The van der Waals surface area contributed by atoms with Crippen LogP contribution in [-0.2, 0) is 10.0 Å². The average molecular weight is 262 g/mol. The Morgan fingerprint density at radius 1 is 1.41 bits per heavy atom.